The zero-order valence-electron chi connectivity index (χ0n) is 13.5. The van der Waals surface area contributed by atoms with Crippen molar-refractivity contribution in [1.29, 1.82) is 0 Å². The fourth-order valence-corrected chi connectivity index (χ4v) is 2.62. The van der Waals surface area contributed by atoms with Crippen molar-refractivity contribution in [2.45, 2.75) is 44.4 Å². The average Bonchev–Trinajstić information content (AvgIpc) is 3.08. The number of ether oxygens (including phenoxy) is 2. The van der Waals surface area contributed by atoms with Crippen LogP contribution in [0.5, 0.6) is 0 Å². The second-order valence-electron chi connectivity index (χ2n) is 5.93. The summed E-state index contributed by atoms with van der Waals surface area (Å²) in [6.07, 6.45) is -3.10. The molecule has 0 spiro atoms. The molecule has 4 N–H and O–H groups in total. The smallest absolute Gasteiger partial charge is 0.180 e. The van der Waals surface area contributed by atoms with Crippen LogP contribution in [0.4, 0.5) is 0 Å². The van der Waals surface area contributed by atoms with Gasteiger partial charge in [-0.25, -0.2) is 4.68 Å². The normalized spacial score (nSPS) is 26.7. The van der Waals surface area contributed by atoms with Crippen LogP contribution in [0.1, 0.15) is 23.0 Å². The standard InChI is InChI=1S/C16H21N3O6/c20-6-10-2-1-3-11(4-10)7-24-8-12-5-19(18-17-12)16-15(23)14(22)13(21)9-25-16/h1-5,13-16,20-23H,6-9H2/t13-,14+,15-,16-/m1/s1. The molecule has 2 heterocycles. The molecule has 1 aliphatic rings. The van der Waals surface area contributed by atoms with Crippen molar-refractivity contribution < 1.29 is 29.9 Å². The molecule has 4 atom stereocenters. The molecule has 0 bridgehead atoms. The molecule has 9 heteroatoms. The fraction of sp³-hybridized carbons (Fsp3) is 0.500. The topological polar surface area (TPSA) is 130 Å². The maximum atomic E-state index is 9.97. The van der Waals surface area contributed by atoms with Crippen molar-refractivity contribution in [3.63, 3.8) is 0 Å². The molecule has 0 radical (unpaired) electrons. The van der Waals surface area contributed by atoms with E-state index in [9.17, 15) is 15.3 Å². The molecular formula is C16H21N3O6. The van der Waals surface area contributed by atoms with E-state index in [2.05, 4.69) is 10.3 Å². The third kappa shape index (κ3) is 4.21. The number of aliphatic hydroxyl groups is 4. The van der Waals surface area contributed by atoms with E-state index >= 15 is 0 Å². The van der Waals surface area contributed by atoms with Crippen molar-refractivity contribution in [2.24, 2.45) is 0 Å². The van der Waals surface area contributed by atoms with Gasteiger partial charge in [0, 0.05) is 0 Å². The Bertz CT molecular complexity index is 694. The molecule has 3 rings (SSSR count). The van der Waals surface area contributed by atoms with E-state index in [4.69, 9.17) is 14.6 Å². The third-order valence-electron chi connectivity index (χ3n) is 3.99. The van der Waals surface area contributed by atoms with Crippen LogP contribution in [-0.4, -0.2) is 60.3 Å². The summed E-state index contributed by atoms with van der Waals surface area (Å²) in [5.41, 5.74) is 2.29. The maximum absolute atomic E-state index is 9.97. The van der Waals surface area contributed by atoms with Crippen LogP contribution in [0, 0.1) is 0 Å². The average molecular weight is 351 g/mol. The van der Waals surface area contributed by atoms with Gasteiger partial charge in [-0.15, -0.1) is 5.10 Å². The van der Waals surface area contributed by atoms with Crippen LogP contribution < -0.4 is 0 Å². The van der Waals surface area contributed by atoms with Gasteiger partial charge in [-0.2, -0.15) is 0 Å². The van der Waals surface area contributed by atoms with E-state index in [1.54, 1.807) is 6.20 Å². The lowest BCUT2D eigenvalue weighted by atomic mass is 10.0. The van der Waals surface area contributed by atoms with Gasteiger partial charge in [0.1, 0.15) is 24.0 Å². The number of aromatic nitrogens is 3. The number of aliphatic hydroxyl groups excluding tert-OH is 4. The molecule has 0 saturated carbocycles. The van der Waals surface area contributed by atoms with Gasteiger partial charge >= 0.3 is 0 Å². The van der Waals surface area contributed by atoms with Gasteiger partial charge < -0.3 is 29.9 Å². The SMILES string of the molecule is OCc1cccc(COCc2cn([C@@H]3OC[C@@H](O)[C@H](O)[C@H]3O)nn2)c1. The molecule has 1 aromatic carbocycles. The van der Waals surface area contributed by atoms with Crippen LogP contribution in [0.3, 0.4) is 0 Å². The summed E-state index contributed by atoms with van der Waals surface area (Å²) in [4.78, 5) is 0. The molecular weight excluding hydrogens is 330 g/mol. The Balaban J connectivity index is 1.55. The minimum absolute atomic E-state index is 0.0214. The molecule has 9 nitrogen and oxygen atoms in total. The highest BCUT2D eigenvalue weighted by molar-refractivity contribution is 5.22. The van der Waals surface area contributed by atoms with Crippen LogP contribution in [0.25, 0.3) is 0 Å². The fourth-order valence-electron chi connectivity index (χ4n) is 2.62. The summed E-state index contributed by atoms with van der Waals surface area (Å²) in [6, 6.07) is 7.43. The Morgan fingerprint density at radius 3 is 2.76 bits per heavy atom. The Kier molecular flexibility index (Phi) is 5.74. The molecule has 0 aliphatic carbocycles. The summed E-state index contributed by atoms with van der Waals surface area (Å²) < 4.78 is 12.2. The monoisotopic (exact) mass is 351 g/mol. The van der Waals surface area contributed by atoms with E-state index in [1.807, 2.05) is 24.3 Å². The minimum atomic E-state index is -1.31. The van der Waals surface area contributed by atoms with Crippen LogP contribution >= 0.6 is 0 Å². The number of benzene rings is 1. The second-order valence-corrected chi connectivity index (χ2v) is 5.93. The second kappa shape index (κ2) is 8.00. The molecule has 1 fully saturated rings. The molecule has 2 aromatic rings. The number of rotatable bonds is 6. The number of hydrogen-bond donors (Lipinski definition) is 4. The zero-order chi connectivity index (χ0) is 17.8. The molecule has 1 saturated heterocycles. The van der Waals surface area contributed by atoms with Gasteiger partial charge in [-0.3, -0.25) is 0 Å². The van der Waals surface area contributed by atoms with E-state index in [0.717, 1.165) is 11.1 Å². The first-order valence-electron chi connectivity index (χ1n) is 7.91. The van der Waals surface area contributed by atoms with Gasteiger partial charge in [0.2, 0.25) is 0 Å². The quantitative estimate of drug-likeness (QED) is 0.527. The Morgan fingerprint density at radius 2 is 1.96 bits per heavy atom. The maximum Gasteiger partial charge on any atom is 0.180 e. The molecule has 0 amide bonds. The van der Waals surface area contributed by atoms with Crippen molar-refractivity contribution in [1.82, 2.24) is 15.0 Å². The first kappa shape index (κ1) is 17.9. The molecule has 0 unspecified atom stereocenters. The highest BCUT2D eigenvalue weighted by Crippen LogP contribution is 2.23. The summed E-state index contributed by atoms with van der Waals surface area (Å²) in [5, 5.41) is 46.1. The lowest BCUT2D eigenvalue weighted by Gasteiger charge is -2.34. The molecule has 25 heavy (non-hydrogen) atoms. The lowest BCUT2D eigenvalue weighted by molar-refractivity contribution is -0.214. The van der Waals surface area contributed by atoms with Gasteiger partial charge in [0.25, 0.3) is 0 Å². The highest BCUT2D eigenvalue weighted by Gasteiger charge is 2.39. The number of hydrogen-bond acceptors (Lipinski definition) is 8. The van der Waals surface area contributed by atoms with Gasteiger partial charge in [-0.05, 0) is 11.1 Å². The van der Waals surface area contributed by atoms with E-state index < -0.39 is 24.5 Å². The largest absolute Gasteiger partial charge is 0.392 e. The predicted octanol–water partition coefficient (Wildman–Crippen LogP) is -0.901. The summed E-state index contributed by atoms with van der Waals surface area (Å²) in [5.74, 6) is 0. The third-order valence-corrected chi connectivity index (χ3v) is 3.99. The lowest BCUT2D eigenvalue weighted by Crippen LogP contribution is -2.50. The van der Waals surface area contributed by atoms with Crippen molar-refractivity contribution in [3.05, 3.63) is 47.3 Å². The van der Waals surface area contributed by atoms with Crippen LogP contribution in [0.2, 0.25) is 0 Å². The van der Waals surface area contributed by atoms with Gasteiger partial charge in [-0.1, -0.05) is 29.5 Å². The van der Waals surface area contributed by atoms with Crippen molar-refractivity contribution >= 4 is 0 Å². The predicted molar refractivity (Wildman–Crippen MR) is 83.9 cm³/mol. The van der Waals surface area contributed by atoms with Crippen LogP contribution in [0.15, 0.2) is 30.5 Å². The van der Waals surface area contributed by atoms with E-state index in [1.165, 1.54) is 4.68 Å². The number of nitrogens with zero attached hydrogens (tertiary/aromatic N) is 3. The Morgan fingerprint density at radius 1 is 1.16 bits per heavy atom. The summed E-state index contributed by atoms with van der Waals surface area (Å²) >= 11 is 0. The first-order chi connectivity index (χ1) is 12.1. The Labute approximate surface area is 144 Å². The van der Waals surface area contributed by atoms with Crippen molar-refractivity contribution in [3.8, 4) is 0 Å². The summed E-state index contributed by atoms with van der Waals surface area (Å²) in [6.45, 7) is 0.438. The zero-order valence-corrected chi connectivity index (χ0v) is 13.5. The van der Waals surface area contributed by atoms with Gasteiger partial charge in [0.05, 0.1) is 32.6 Å². The van der Waals surface area contributed by atoms with E-state index in [-0.39, 0.29) is 19.8 Å². The minimum Gasteiger partial charge on any atom is -0.392 e. The molecule has 1 aliphatic heterocycles. The van der Waals surface area contributed by atoms with Crippen molar-refractivity contribution in [2.75, 3.05) is 6.61 Å². The molecule has 136 valence electrons. The summed E-state index contributed by atoms with van der Waals surface area (Å²) in [7, 11) is 0. The highest BCUT2D eigenvalue weighted by atomic mass is 16.5. The molecule has 1 aromatic heterocycles. The van der Waals surface area contributed by atoms with E-state index in [0.29, 0.717) is 12.3 Å². The first-order valence-corrected chi connectivity index (χ1v) is 7.91. The van der Waals surface area contributed by atoms with Crippen LogP contribution in [-0.2, 0) is 29.3 Å². The Hall–Kier alpha value is -1.88. The van der Waals surface area contributed by atoms with Gasteiger partial charge in [0.15, 0.2) is 6.23 Å².